The van der Waals surface area contributed by atoms with E-state index >= 15 is 0 Å². The number of aliphatic imine (C=N–C) groups is 1. The smallest absolute Gasteiger partial charge is 0.228 e. The number of nitrogens with one attached hydrogen (secondary N) is 2. The topological polar surface area (TPSA) is 75.3 Å². The summed E-state index contributed by atoms with van der Waals surface area (Å²) in [6.07, 6.45) is 5.62. The van der Waals surface area contributed by atoms with E-state index in [0.29, 0.717) is 36.2 Å². The lowest BCUT2D eigenvalue weighted by Gasteiger charge is -2.35. The van der Waals surface area contributed by atoms with Crippen LogP contribution in [-0.2, 0) is 6.42 Å². The summed E-state index contributed by atoms with van der Waals surface area (Å²) in [5.74, 6) is 2.62. The number of hydrogen-bond acceptors (Lipinski definition) is 4. The van der Waals surface area contributed by atoms with Crippen LogP contribution in [0.5, 0.6) is 0 Å². The molecule has 6 heteroatoms. The van der Waals surface area contributed by atoms with E-state index in [1.54, 1.807) is 0 Å². The van der Waals surface area contributed by atoms with Crippen LogP contribution >= 0.6 is 0 Å². The van der Waals surface area contributed by atoms with E-state index in [1.807, 2.05) is 0 Å². The molecule has 0 unspecified atom stereocenters. The van der Waals surface area contributed by atoms with Gasteiger partial charge in [-0.15, -0.1) is 0 Å². The van der Waals surface area contributed by atoms with E-state index in [1.165, 1.54) is 25.7 Å². The molecular formula is C18H33N5O. The summed E-state index contributed by atoms with van der Waals surface area (Å²) in [4.78, 5) is 9.06. The maximum absolute atomic E-state index is 5.27. The summed E-state index contributed by atoms with van der Waals surface area (Å²) < 4.78 is 5.27. The van der Waals surface area contributed by atoms with Gasteiger partial charge in [0.25, 0.3) is 0 Å². The molecule has 1 saturated carbocycles. The van der Waals surface area contributed by atoms with Crippen LogP contribution in [0.3, 0.4) is 0 Å². The molecule has 0 radical (unpaired) electrons. The minimum atomic E-state index is 0.292. The summed E-state index contributed by atoms with van der Waals surface area (Å²) in [6.45, 7) is 12.4. The summed E-state index contributed by atoms with van der Waals surface area (Å²) in [5, 5.41) is 10.9. The third-order valence-electron chi connectivity index (χ3n) is 4.62. The van der Waals surface area contributed by atoms with Gasteiger partial charge in [0, 0.05) is 24.9 Å². The minimum absolute atomic E-state index is 0.292. The van der Waals surface area contributed by atoms with Gasteiger partial charge in [0.1, 0.15) is 0 Å². The monoisotopic (exact) mass is 335 g/mol. The van der Waals surface area contributed by atoms with Crippen molar-refractivity contribution in [3.63, 3.8) is 0 Å². The van der Waals surface area contributed by atoms with E-state index in [9.17, 15) is 0 Å². The van der Waals surface area contributed by atoms with Gasteiger partial charge in [0.2, 0.25) is 5.89 Å². The van der Waals surface area contributed by atoms with Crippen LogP contribution in [0, 0.1) is 5.41 Å². The first-order chi connectivity index (χ1) is 11.4. The van der Waals surface area contributed by atoms with Crippen LogP contribution < -0.4 is 10.6 Å². The molecule has 0 aliphatic heterocycles. The number of aromatic nitrogens is 2. The summed E-state index contributed by atoms with van der Waals surface area (Å²) >= 11 is 0. The fourth-order valence-electron chi connectivity index (χ4n) is 2.92. The lowest BCUT2D eigenvalue weighted by molar-refractivity contribution is 0.216. The first-order valence-corrected chi connectivity index (χ1v) is 9.27. The summed E-state index contributed by atoms with van der Waals surface area (Å²) in [7, 11) is 0. The van der Waals surface area contributed by atoms with Crippen molar-refractivity contribution in [1.82, 2.24) is 20.8 Å². The van der Waals surface area contributed by atoms with Gasteiger partial charge in [-0.05, 0) is 38.0 Å². The Hall–Kier alpha value is -1.59. The SMILES string of the molecule is CCNC(=NCCc1nc(C(C)C)no1)NC1CCC(C)(C)CC1. The summed E-state index contributed by atoms with van der Waals surface area (Å²) in [5.41, 5.74) is 0.486. The Morgan fingerprint density at radius 1 is 1.33 bits per heavy atom. The van der Waals surface area contributed by atoms with Crippen molar-refractivity contribution in [2.75, 3.05) is 13.1 Å². The first-order valence-electron chi connectivity index (χ1n) is 9.27. The molecule has 0 amide bonds. The maximum atomic E-state index is 5.27. The van der Waals surface area contributed by atoms with Crippen molar-refractivity contribution in [2.24, 2.45) is 10.4 Å². The van der Waals surface area contributed by atoms with E-state index in [0.717, 1.165) is 18.3 Å². The predicted molar refractivity (Wildman–Crippen MR) is 97.2 cm³/mol. The second-order valence-electron chi connectivity index (χ2n) is 7.79. The number of guanidine groups is 1. The number of nitrogens with zero attached hydrogens (tertiary/aromatic N) is 3. The van der Waals surface area contributed by atoms with Crippen LogP contribution in [0.4, 0.5) is 0 Å². The Morgan fingerprint density at radius 3 is 2.62 bits per heavy atom. The van der Waals surface area contributed by atoms with Crippen LogP contribution in [-0.4, -0.2) is 35.2 Å². The zero-order valence-electron chi connectivity index (χ0n) is 15.9. The highest BCUT2D eigenvalue weighted by molar-refractivity contribution is 5.80. The highest BCUT2D eigenvalue weighted by atomic mass is 16.5. The standard InChI is InChI=1S/C18H33N5O/c1-6-19-17(21-14-7-10-18(4,5)11-8-14)20-12-9-15-22-16(13(2)3)23-24-15/h13-14H,6-12H2,1-5H3,(H2,19,20,21). The summed E-state index contributed by atoms with van der Waals surface area (Å²) in [6, 6.07) is 0.520. The Kier molecular flexibility index (Phi) is 6.63. The largest absolute Gasteiger partial charge is 0.357 e. The number of rotatable bonds is 6. The van der Waals surface area contributed by atoms with E-state index in [4.69, 9.17) is 4.52 Å². The second kappa shape index (κ2) is 8.49. The fraction of sp³-hybridized carbons (Fsp3) is 0.833. The lowest BCUT2D eigenvalue weighted by Crippen LogP contribution is -2.45. The zero-order valence-corrected chi connectivity index (χ0v) is 15.9. The van der Waals surface area contributed by atoms with Crippen molar-refractivity contribution in [3.05, 3.63) is 11.7 Å². The fourth-order valence-corrected chi connectivity index (χ4v) is 2.92. The molecule has 0 atom stereocenters. The van der Waals surface area contributed by atoms with Gasteiger partial charge in [-0.1, -0.05) is 32.9 Å². The molecule has 2 rings (SSSR count). The molecule has 1 heterocycles. The van der Waals surface area contributed by atoms with Crippen molar-refractivity contribution >= 4 is 5.96 Å². The van der Waals surface area contributed by atoms with Gasteiger partial charge in [-0.2, -0.15) is 4.98 Å². The molecule has 0 aromatic carbocycles. The Bertz CT molecular complexity index is 525. The van der Waals surface area contributed by atoms with E-state index in [-0.39, 0.29) is 0 Å². The molecule has 1 aliphatic rings. The maximum Gasteiger partial charge on any atom is 0.228 e. The molecule has 24 heavy (non-hydrogen) atoms. The molecule has 1 aromatic heterocycles. The number of hydrogen-bond donors (Lipinski definition) is 2. The molecule has 0 spiro atoms. The van der Waals surface area contributed by atoms with E-state index in [2.05, 4.69) is 60.4 Å². The predicted octanol–water partition coefficient (Wildman–Crippen LogP) is 3.26. The Labute approximate surface area is 145 Å². The van der Waals surface area contributed by atoms with Gasteiger partial charge < -0.3 is 15.2 Å². The van der Waals surface area contributed by atoms with Gasteiger partial charge in [0.15, 0.2) is 11.8 Å². The van der Waals surface area contributed by atoms with Crippen molar-refractivity contribution < 1.29 is 4.52 Å². The minimum Gasteiger partial charge on any atom is -0.357 e. The molecule has 2 N–H and O–H groups in total. The lowest BCUT2D eigenvalue weighted by atomic mass is 9.75. The van der Waals surface area contributed by atoms with Crippen LogP contribution in [0.1, 0.15) is 77.9 Å². The van der Waals surface area contributed by atoms with Crippen molar-refractivity contribution in [3.8, 4) is 0 Å². The molecule has 1 fully saturated rings. The molecule has 1 aromatic rings. The highest BCUT2D eigenvalue weighted by Gasteiger charge is 2.27. The highest BCUT2D eigenvalue weighted by Crippen LogP contribution is 2.34. The van der Waals surface area contributed by atoms with Crippen LogP contribution in [0.15, 0.2) is 9.52 Å². The molecule has 0 bridgehead atoms. The van der Waals surface area contributed by atoms with Crippen LogP contribution in [0.2, 0.25) is 0 Å². The molecule has 6 nitrogen and oxygen atoms in total. The first kappa shape index (κ1) is 18.7. The van der Waals surface area contributed by atoms with Gasteiger partial charge in [0.05, 0.1) is 6.54 Å². The molecule has 0 saturated heterocycles. The van der Waals surface area contributed by atoms with Crippen molar-refractivity contribution in [2.45, 2.75) is 78.7 Å². The molecular weight excluding hydrogens is 302 g/mol. The van der Waals surface area contributed by atoms with Crippen LogP contribution in [0.25, 0.3) is 0 Å². The average molecular weight is 335 g/mol. The third-order valence-corrected chi connectivity index (χ3v) is 4.62. The molecule has 136 valence electrons. The normalized spacial score (nSPS) is 18.8. The van der Waals surface area contributed by atoms with E-state index < -0.39 is 0 Å². The second-order valence-corrected chi connectivity index (χ2v) is 7.79. The van der Waals surface area contributed by atoms with Gasteiger partial charge in [-0.3, -0.25) is 4.99 Å². The zero-order chi connectivity index (χ0) is 17.6. The quantitative estimate of drug-likeness (QED) is 0.616. The molecule has 1 aliphatic carbocycles. The third kappa shape index (κ3) is 5.80. The van der Waals surface area contributed by atoms with Gasteiger partial charge >= 0.3 is 0 Å². The average Bonchev–Trinajstić information content (AvgIpc) is 2.99. The Balaban J connectivity index is 1.83. The van der Waals surface area contributed by atoms with Gasteiger partial charge in [-0.25, -0.2) is 0 Å². The van der Waals surface area contributed by atoms with Crippen molar-refractivity contribution in [1.29, 1.82) is 0 Å². The Morgan fingerprint density at radius 2 is 2.04 bits per heavy atom.